The van der Waals surface area contributed by atoms with E-state index in [1.807, 2.05) is 30.3 Å². The maximum Gasteiger partial charge on any atom is 0.295 e. The Morgan fingerprint density at radius 2 is 1.74 bits per heavy atom. The minimum absolute atomic E-state index is 0.135. The van der Waals surface area contributed by atoms with Crippen LogP contribution in [0.4, 0.5) is 5.69 Å². The highest BCUT2D eigenvalue weighted by Crippen LogP contribution is 2.26. The van der Waals surface area contributed by atoms with Crippen molar-refractivity contribution in [1.29, 1.82) is 0 Å². The Morgan fingerprint density at radius 1 is 1.00 bits per heavy atom. The number of furan rings is 1. The number of benzene rings is 2. The molecule has 2 aromatic carbocycles. The van der Waals surface area contributed by atoms with Crippen LogP contribution in [0, 0.1) is 6.92 Å². The molecule has 0 aliphatic heterocycles. The van der Waals surface area contributed by atoms with Crippen molar-refractivity contribution in [2.45, 2.75) is 6.92 Å². The second kappa shape index (κ2) is 8.57. The standard InChI is InChI=1S/C25H20ClN5O3/c1-16-23(25(33)31(29(16)2)19-7-4-3-5-8-19)27-24(32)20-15-21(22-9-6-14-34-22)30(28-20)18-12-10-17(26)11-13-18/h3-15H,1-2H3,(H,27,32). The number of hydrogen-bond acceptors (Lipinski definition) is 4. The Kier molecular flexibility index (Phi) is 5.43. The van der Waals surface area contributed by atoms with Crippen LogP contribution < -0.4 is 10.9 Å². The lowest BCUT2D eigenvalue weighted by atomic mass is 10.2. The zero-order chi connectivity index (χ0) is 23.8. The predicted octanol–water partition coefficient (Wildman–Crippen LogP) is 4.84. The lowest BCUT2D eigenvalue weighted by molar-refractivity contribution is 0.102. The molecule has 0 aliphatic carbocycles. The summed E-state index contributed by atoms with van der Waals surface area (Å²) in [5.41, 5.74) is 2.60. The third-order valence-corrected chi connectivity index (χ3v) is 5.83. The molecule has 0 bridgehead atoms. The van der Waals surface area contributed by atoms with Crippen LogP contribution in [0.3, 0.4) is 0 Å². The number of amides is 1. The minimum atomic E-state index is -0.508. The zero-order valence-corrected chi connectivity index (χ0v) is 19.2. The fourth-order valence-corrected chi connectivity index (χ4v) is 3.89. The summed E-state index contributed by atoms with van der Waals surface area (Å²) >= 11 is 6.03. The fourth-order valence-electron chi connectivity index (χ4n) is 3.76. The molecule has 1 N–H and O–H groups in total. The number of carbonyl (C=O) groups is 1. The smallest absolute Gasteiger partial charge is 0.295 e. The molecule has 5 aromatic rings. The van der Waals surface area contributed by atoms with Crippen LogP contribution in [-0.4, -0.2) is 25.1 Å². The van der Waals surface area contributed by atoms with E-state index < -0.39 is 5.91 Å². The van der Waals surface area contributed by atoms with Gasteiger partial charge in [-0.25, -0.2) is 9.36 Å². The number of para-hydroxylation sites is 1. The Morgan fingerprint density at radius 3 is 2.41 bits per heavy atom. The van der Waals surface area contributed by atoms with Crippen molar-refractivity contribution in [2.24, 2.45) is 7.05 Å². The molecule has 0 unspecified atom stereocenters. The number of nitrogens with one attached hydrogen (secondary N) is 1. The van der Waals surface area contributed by atoms with Gasteiger partial charge in [0.05, 0.1) is 23.3 Å². The van der Waals surface area contributed by atoms with Gasteiger partial charge in [-0.1, -0.05) is 29.8 Å². The number of aromatic nitrogens is 4. The average Bonchev–Trinajstić information content (AvgIpc) is 3.57. The van der Waals surface area contributed by atoms with Gasteiger partial charge in [0.25, 0.3) is 11.5 Å². The van der Waals surface area contributed by atoms with Crippen molar-refractivity contribution in [2.75, 3.05) is 5.32 Å². The molecule has 0 aliphatic rings. The van der Waals surface area contributed by atoms with Crippen molar-refractivity contribution in [3.8, 4) is 22.8 Å². The molecular weight excluding hydrogens is 454 g/mol. The maximum atomic E-state index is 13.2. The molecule has 170 valence electrons. The predicted molar refractivity (Wildman–Crippen MR) is 130 cm³/mol. The number of halogens is 1. The summed E-state index contributed by atoms with van der Waals surface area (Å²) in [5, 5.41) is 7.83. The average molecular weight is 474 g/mol. The van der Waals surface area contributed by atoms with E-state index in [-0.39, 0.29) is 16.9 Å². The van der Waals surface area contributed by atoms with Crippen LogP contribution >= 0.6 is 11.6 Å². The highest BCUT2D eigenvalue weighted by Gasteiger charge is 2.22. The van der Waals surface area contributed by atoms with Gasteiger partial charge in [0.15, 0.2) is 11.5 Å². The van der Waals surface area contributed by atoms with Crippen molar-refractivity contribution in [1.82, 2.24) is 19.1 Å². The molecule has 34 heavy (non-hydrogen) atoms. The zero-order valence-electron chi connectivity index (χ0n) is 18.4. The van der Waals surface area contributed by atoms with Crippen molar-refractivity contribution < 1.29 is 9.21 Å². The summed E-state index contributed by atoms with van der Waals surface area (Å²) < 4.78 is 10.4. The molecule has 0 saturated heterocycles. The second-order valence-corrected chi connectivity index (χ2v) is 8.11. The van der Waals surface area contributed by atoms with E-state index in [4.69, 9.17) is 16.0 Å². The lowest BCUT2D eigenvalue weighted by Gasteiger charge is -2.07. The molecule has 0 atom stereocenters. The summed E-state index contributed by atoms with van der Waals surface area (Å²) in [7, 11) is 1.77. The van der Waals surface area contributed by atoms with Crippen LogP contribution in [-0.2, 0) is 7.05 Å². The van der Waals surface area contributed by atoms with Gasteiger partial charge in [0.2, 0.25) is 0 Å². The van der Waals surface area contributed by atoms with E-state index in [0.29, 0.717) is 33.5 Å². The SMILES string of the molecule is Cc1c(NC(=O)c2cc(-c3ccco3)n(-c3ccc(Cl)cc3)n2)c(=O)n(-c2ccccc2)n1C. The second-order valence-electron chi connectivity index (χ2n) is 7.67. The van der Waals surface area contributed by atoms with Gasteiger partial charge >= 0.3 is 0 Å². The van der Waals surface area contributed by atoms with Crippen LogP contribution in [0.25, 0.3) is 22.8 Å². The molecule has 8 nitrogen and oxygen atoms in total. The van der Waals surface area contributed by atoms with Gasteiger partial charge in [-0.3, -0.25) is 14.3 Å². The molecule has 3 aromatic heterocycles. The third-order valence-electron chi connectivity index (χ3n) is 5.58. The Balaban J connectivity index is 1.54. The fraction of sp³-hybridized carbons (Fsp3) is 0.0800. The first kappa shape index (κ1) is 21.5. The van der Waals surface area contributed by atoms with Gasteiger partial charge in [-0.05, 0) is 55.5 Å². The Hall–Kier alpha value is -4.30. The Labute approximate surface area is 199 Å². The van der Waals surface area contributed by atoms with Crippen LogP contribution in [0.1, 0.15) is 16.2 Å². The van der Waals surface area contributed by atoms with E-state index in [1.165, 1.54) is 4.68 Å². The highest BCUT2D eigenvalue weighted by atomic mass is 35.5. The van der Waals surface area contributed by atoms with Gasteiger partial charge in [0, 0.05) is 18.1 Å². The third kappa shape index (κ3) is 3.74. The summed E-state index contributed by atoms with van der Waals surface area (Å²) in [6, 6.07) is 21.5. The number of nitrogens with zero attached hydrogens (tertiary/aromatic N) is 4. The first-order valence-corrected chi connectivity index (χ1v) is 10.9. The van der Waals surface area contributed by atoms with E-state index in [0.717, 1.165) is 0 Å². The van der Waals surface area contributed by atoms with E-state index in [9.17, 15) is 9.59 Å². The quantitative estimate of drug-likeness (QED) is 0.396. The first-order valence-electron chi connectivity index (χ1n) is 10.5. The topological polar surface area (TPSA) is 87.0 Å². The normalized spacial score (nSPS) is 11.0. The Bertz CT molecular complexity index is 1530. The monoisotopic (exact) mass is 473 g/mol. The van der Waals surface area contributed by atoms with E-state index in [1.54, 1.807) is 72.1 Å². The molecule has 5 rings (SSSR count). The first-order chi connectivity index (χ1) is 16.4. The number of hydrogen-bond donors (Lipinski definition) is 1. The highest BCUT2D eigenvalue weighted by molar-refractivity contribution is 6.30. The largest absolute Gasteiger partial charge is 0.463 e. The molecule has 1 amide bonds. The summed E-state index contributed by atoms with van der Waals surface area (Å²) in [6.45, 7) is 1.77. The molecule has 0 saturated carbocycles. The van der Waals surface area contributed by atoms with Gasteiger partial charge < -0.3 is 9.73 Å². The summed E-state index contributed by atoms with van der Waals surface area (Å²) in [4.78, 5) is 26.4. The number of anilines is 1. The molecule has 0 spiro atoms. The van der Waals surface area contributed by atoms with Crippen molar-refractivity contribution in [3.63, 3.8) is 0 Å². The molecular formula is C25H20ClN5O3. The molecule has 0 fully saturated rings. The molecule has 0 radical (unpaired) electrons. The molecule has 3 heterocycles. The minimum Gasteiger partial charge on any atom is -0.463 e. The summed E-state index contributed by atoms with van der Waals surface area (Å²) in [6.07, 6.45) is 1.55. The van der Waals surface area contributed by atoms with Crippen LogP contribution in [0.5, 0.6) is 0 Å². The maximum absolute atomic E-state index is 13.2. The summed E-state index contributed by atoms with van der Waals surface area (Å²) in [5.74, 6) is 0.0374. The van der Waals surface area contributed by atoms with Crippen molar-refractivity contribution in [3.05, 3.63) is 106 Å². The van der Waals surface area contributed by atoms with Gasteiger partial charge in [0.1, 0.15) is 11.4 Å². The lowest BCUT2D eigenvalue weighted by Crippen LogP contribution is -2.23. The van der Waals surface area contributed by atoms with Gasteiger partial charge in [-0.15, -0.1) is 0 Å². The number of carbonyl (C=O) groups excluding carboxylic acids is 1. The van der Waals surface area contributed by atoms with E-state index >= 15 is 0 Å². The molecule has 9 heteroatoms. The van der Waals surface area contributed by atoms with Crippen LogP contribution in [0.15, 0.2) is 88.3 Å². The van der Waals surface area contributed by atoms with E-state index in [2.05, 4.69) is 10.4 Å². The van der Waals surface area contributed by atoms with Gasteiger partial charge in [-0.2, -0.15) is 5.10 Å². The number of rotatable bonds is 5. The van der Waals surface area contributed by atoms with Crippen molar-refractivity contribution >= 4 is 23.2 Å². The van der Waals surface area contributed by atoms with Crippen LogP contribution in [0.2, 0.25) is 5.02 Å².